The molecule has 1 heterocycles. The number of quaternary nitrogens is 1. The van der Waals surface area contributed by atoms with E-state index in [0.29, 0.717) is 16.4 Å². The minimum Gasteiger partial charge on any atom is -1.00 e. The van der Waals surface area contributed by atoms with E-state index in [9.17, 15) is 9.59 Å². The molecule has 0 saturated carbocycles. The molecule has 24 heavy (non-hydrogen) atoms. The third kappa shape index (κ3) is 3.75. The van der Waals surface area contributed by atoms with Crippen molar-refractivity contribution in [1.29, 1.82) is 0 Å². The van der Waals surface area contributed by atoms with E-state index in [1.165, 1.54) is 0 Å². The molecule has 3 rings (SSSR count). The fourth-order valence-electron chi connectivity index (χ4n) is 2.69. The van der Waals surface area contributed by atoms with Gasteiger partial charge in [0.1, 0.15) is 0 Å². The van der Waals surface area contributed by atoms with E-state index in [4.69, 9.17) is 0 Å². The lowest BCUT2D eigenvalue weighted by Gasteiger charge is -2.22. The highest BCUT2D eigenvalue weighted by atomic mass is 35.5. The number of hydrogen-bond donors (Lipinski definition) is 2. The SMILES string of the molecule is C[N+](C)(C)CC(=O)Nc1ccc2[nH]c(=O)c3ccccc3c2c1.[Cl-]. The van der Waals surface area contributed by atoms with Crippen LogP contribution < -0.4 is 23.3 Å². The van der Waals surface area contributed by atoms with Gasteiger partial charge in [-0.1, -0.05) is 18.2 Å². The molecular weight excluding hydrogens is 326 g/mol. The standard InChI is InChI=1S/C18H19N3O2.ClH/c1-21(2,3)11-17(22)19-12-8-9-16-15(10-12)13-6-4-5-7-14(13)18(23)20-16;/h4-10H,11H2,1-3H3,(H-,19,20,22,23);1H. The second kappa shape index (κ2) is 6.63. The Morgan fingerprint density at radius 2 is 1.71 bits per heavy atom. The number of nitrogens with one attached hydrogen (secondary N) is 2. The molecule has 5 nitrogen and oxygen atoms in total. The van der Waals surface area contributed by atoms with Gasteiger partial charge in [0.15, 0.2) is 6.54 Å². The highest BCUT2D eigenvalue weighted by molar-refractivity contribution is 6.07. The Balaban J connectivity index is 0.00000208. The van der Waals surface area contributed by atoms with Crippen LogP contribution in [0, 0.1) is 0 Å². The lowest BCUT2D eigenvalue weighted by molar-refractivity contribution is -0.861. The van der Waals surface area contributed by atoms with E-state index >= 15 is 0 Å². The van der Waals surface area contributed by atoms with Gasteiger partial charge in [0.05, 0.1) is 21.1 Å². The Morgan fingerprint density at radius 1 is 1.04 bits per heavy atom. The summed E-state index contributed by atoms with van der Waals surface area (Å²) in [4.78, 5) is 27.1. The van der Waals surface area contributed by atoms with E-state index in [-0.39, 0.29) is 23.9 Å². The average Bonchev–Trinajstić information content (AvgIpc) is 2.46. The molecule has 0 unspecified atom stereocenters. The third-order valence-electron chi connectivity index (χ3n) is 3.63. The number of H-pyrrole nitrogens is 1. The van der Waals surface area contributed by atoms with Crippen LogP contribution in [0.5, 0.6) is 0 Å². The molecule has 2 aromatic carbocycles. The van der Waals surface area contributed by atoms with Crippen LogP contribution in [0.3, 0.4) is 0 Å². The third-order valence-corrected chi connectivity index (χ3v) is 3.63. The summed E-state index contributed by atoms with van der Waals surface area (Å²) in [6.45, 7) is 0.393. The predicted molar refractivity (Wildman–Crippen MR) is 93.6 cm³/mol. The number of rotatable bonds is 3. The van der Waals surface area contributed by atoms with E-state index in [1.807, 2.05) is 51.5 Å². The molecule has 0 aliphatic heterocycles. The summed E-state index contributed by atoms with van der Waals surface area (Å²) in [7, 11) is 5.91. The van der Waals surface area contributed by atoms with Gasteiger partial charge in [-0.05, 0) is 29.7 Å². The maximum absolute atomic E-state index is 12.1. The molecule has 3 aromatic rings. The molecule has 126 valence electrons. The molecule has 0 bridgehead atoms. The minimum atomic E-state index is -0.102. The zero-order chi connectivity index (χ0) is 16.6. The molecule has 0 aliphatic carbocycles. The van der Waals surface area contributed by atoms with Crippen molar-refractivity contribution >= 4 is 33.3 Å². The van der Waals surface area contributed by atoms with E-state index < -0.39 is 0 Å². The van der Waals surface area contributed by atoms with Crippen molar-refractivity contribution < 1.29 is 21.7 Å². The number of aromatic nitrogens is 1. The molecule has 0 aliphatic rings. The van der Waals surface area contributed by atoms with Crippen molar-refractivity contribution in [2.75, 3.05) is 33.0 Å². The number of carbonyl (C=O) groups excluding carboxylic acids is 1. The van der Waals surface area contributed by atoms with Gasteiger partial charge in [-0.25, -0.2) is 0 Å². The first kappa shape index (κ1) is 18.0. The van der Waals surface area contributed by atoms with Crippen LogP contribution in [-0.4, -0.2) is 43.1 Å². The Hall–Kier alpha value is -2.37. The van der Waals surface area contributed by atoms with Gasteiger partial charge in [0.25, 0.3) is 11.5 Å². The number of hydrogen-bond acceptors (Lipinski definition) is 2. The number of pyridine rings is 1. The maximum Gasteiger partial charge on any atom is 0.279 e. The molecular formula is C18H20ClN3O2. The Bertz CT molecular complexity index is 958. The number of aromatic amines is 1. The smallest absolute Gasteiger partial charge is 0.279 e. The van der Waals surface area contributed by atoms with Crippen molar-refractivity contribution in [2.45, 2.75) is 0 Å². The van der Waals surface area contributed by atoms with Crippen molar-refractivity contribution in [3.63, 3.8) is 0 Å². The summed E-state index contributed by atoms with van der Waals surface area (Å²) in [5.74, 6) is -0.0365. The molecule has 2 N–H and O–H groups in total. The van der Waals surface area contributed by atoms with Crippen molar-refractivity contribution in [3.05, 3.63) is 52.8 Å². The number of nitrogens with zero attached hydrogens (tertiary/aromatic N) is 1. The molecule has 0 spiro atoms. The quantitative estimate of drug-likeness (QED) is 0.488. The number of halogens is 1. The van der Waals surface area contributed by atoms with Gasteiger partial charge >= 0.3 is 0 Å². The topological polar surface area (TPSA) is 62.0 Å². The first-order chi connectivity index (χ1) is 10.8. The van der Waals surface area contributed by atoms with Crippen LogP contribution >= 0.6 is 0 Å². The van der Waals surface area contributed by atoms with Crippen LogP contribution in [0.15, 0.2) is 47.3 Å². The van der Waals surface area contributed by atoms with Crippen molar-refractivity contribution in [1.82, 2.24) is 4.98 Å². The van der Waals surface area contributed by atoms with Gasteiger partial charge in [0.2, 0.25) is 0 Å². The zero-order valence-corrected chi connectivity index (χ0v) is 14.6. The average molecular weight is 346 g/mol. The second-order valence-electron chi connectivity index (χ2n) is 6.76. The first-order valence-electron chi connectivity index (χ1n) is 7.49. The summed E-state index contributed by atoms with van der Waals surface area (Å²) in [5, 5.41) is 5.37. The summed E-state index contributed by atoms with van der Waals surface area (Å²) in [6.07, 6.45) is 0. The van der Waals surface area contributed by atoms with Crippen molar-refractivity contribution in [3.8, 4) is 0 Å². The highest BCUT2D eigenvalue weighted by Crippen LogP contribution is 2.24. The Morgan fingerprint density at radius 3 is 2.38 bits per heavy atom. The monoisotopic (exact) mass is 345 g/mol. The normalized spacial score (nSPS) is 11.3. The van der Waals surface area contributed by atoms with Crippen LogP contribution in [0.1, 0.15) is 0 Å². The van der Waals surface area contributed by atoms with Crippen LogP contribution in [0.25, 0.3) is 21.7 Å². The fourth-order valence-corrected chi connectivity index (χ4v) is 2.69. The van der Waals surface area contributed by atoms with Gasteiger partial charge in [-0.2, -0.15) is 0 Å². The van der Waals surface area contributed by atoms with Crippen LogP contribution in [0.4, 0.5) is 5.69 Å². The highest BCUT2D eigenvalue weighted by Gasteiger charge is 2.14. The largest absolute Gasteiger partial charge is 1.00 e. The molecule has 0 radical (unpaired) electrons. The molecule has 0 saturated heterocycles. The summed E-state index contributed by atoms with van der Waals surface area (Å²) < 4.78 is 0.565. The summed E-state index contributed by atoms with van der Waals surface area (Å²) >= 11 is 0. The number of likely N-dealkylation sites (N-methyl/N-ethyl adjacent to an activating group) is 1. The lowest BCUT2D eigenvalue weighted by Crippen LogP contribution is -3.00. The summed E-state index contributed by atoms with van der Waals surface area (Å²) in [6, 6.07) is 13.0. The lowest BCUT2D eigenvalue weighted by atomic mass is 10.1. The number of benzene rings is 2. The number of carbonyl (C=O) groups is 1. The minimum absolute atomic E-state index is 0. The molecule has 0 atom stereocenters. The van der Waals surface area contributed by atoms with E-state index in [1.54, 1.807) is 12.1 Å². The Kier molecular flexibility index (Phi) is 4.96. The predicted octanol–water partition coefficient (Wildman–Crippen LogP) is -0.670. The van der Waals surface area contributed by atoms with Gasteiger partial charge in [-0.15, -0.1) is 0 Å². The molecule has 0 fully saturated rings. The van der Waals surface area contributed by atoms with Gasteiger partial charge < -0.3 is 27.2 Å². The maximum atomic E-state index is 12.1. The fraction of sp³-hybridized carbons (Fsp3) is 0.222. The molecule has 6 heteroatoms. The number of anilines is 1. The summed E-state index contributed by atoms with van der Waals surface area (Å²) in [5.41, 5.74) is 1.39. The molecule has 1 aromatic heterocycles. The van der Waals surface area contributed by atoms with E-state index in [0.717, 1.165) is 22.0 Å². The number of amides is 1. The Labute approximate surface area is 146 Å². The van der Waals surface area contributed by atoms with Gasteiger partial charge in [-0.3, -0.25) is 9.59 Å². The van der Waals surface area contributed by atoms with E-state index in [2.05, 4.69) is 10.3 Å². The zero-order valence-electron chi connectivity index (χ0n) is 13.9. The van der Waals surface area contributed by atoms with Gasteiger partial charge in [0, 0.05) is 22.0 Å². The van der Waals surface area contributed by atoms with Crippen molar-refractivity contribution in [2.24, 2.45) is 0 Å². The molecule has 1 amide bonds. The van der Waals surface area contributed by atoms with Crippen LogP contribution in [0.2, 0.25) is 0 Å². The first-order valence-corrected chi connectivity index (χ1v) is 7.49. The van der Waals surface area contributed by atoms with Crippen LogP contribution in [-0.2, 0) is 4.79 Å². The second-order valence-corrected chi connectivity index (χ2v) is 6.76. The number of fused-ring (bicyclic) bond motifs is 3.